The zero-order valence-corrected chi connectivity index (χ0v) is 12.9. The van der Waals surface area contributed by atoms with Crippen molar-refractivity contribution in [3.8, 4) is 0 Å². The van der Waals surface area contributed by atoms with E-state index in [9.17, 15) is 9.18 Å². The van der Waals surface area contributed by atoms with Gasteiger partial charge in [0.1, 0.15) is 11.4 Å². The number of hydrogen-bond donors (Lipinski definition) is 1. The van der Waals surface area contributed by atoms with Gasteiger partial charge in [-0.25, -0.2) is 9.18 Å². The Hall–Kier alpha value is -1.91. The summed E-state index contributed by atoms with van der Waals surface area (Å²) in [5.41, 5.74) is 0.409. The molecular weight excluding hydrogens is 271 g/mol. The van der Waals surface area contributed by atoms with E-state index < -0.39 is 11.7 Å². The number of amides is 1. The summed E-state index contributed by atoms with van der Waals surface area (Å²) < 4.78 is 17.8. The molecule has 0 atom stereocenters. The molecule has 5 heteroatoms. The Morgan fingerprint density at radius 1 is 1.29 bits per heavy atom. The first-order chi connectivity index (χ1) is 9.87. The number of nitrogens with one attached hydrogen (secondary N) is 1. The van der Waals surface area contributed by atoms with Crippen LogP contribution in [0.5, 0.6) is 0 Å². The maximum absolute atomic E-state index is 12.7. The monoisotopic (exact) mass is 294 g/mol. The fraction of sp³-hybridized carbons (Fsp3) is 0.500. The van der Waals surface area contributed by atoms with Crippen LogP contribution in [0.1, 0.15) is 39.2 Å². The molecule has 1 N–H and O–H groups in total. The minimum Gasteiger partial charge on any atom is -0.444 e. The van der Waals surface area contributed by atoms with E-state index in [2.05, 4.69) is 10.3 Å². The van der Waals surface area contributed by atoms with E-state index in [0.717, 1.165) is 18.4 Å². The summed E-state index contributed by atoms with van der Waals surface area (Å²) in [5.74, 6) is -0.250. The molecule has 4 nitrogen and oxygen atoms in total. The Kier molecular flexibility index (Phi) is 6.85. The van der Waals surface area contributed by atoms with Gasteiger partial charge in [0.05, 0.1) is 0 Å². The number of aliphatic imine (C=N–C) groups is 1. The van der Waals surface area contributed by atoms with Crippen molar-refractivity contribution in [3.63, 3.8) is 0 Å². The van der Waals surface area contributed by atoms with Crippen LogP contribution >= 0.6 is 0 Å². The van der Waals surface area contributed by atoms with Crippen molar-refractivity contribution in [1.29, 1.82) is 0 Å². The topological polar surface area (TPSA) is 50.7 Å². The zero-order valence-electron chi connectivity index (χ0n) is 12.9. The molecule has 0 radical (unpaired) electrons. The largest absolute Gasteiger partial charge is 0.444 e. The molecule has 1 amide bonds. The predicted octanol–water partition coefficient (Wildman–Crippen LogP) is 3.55. The van der Waals surface area contributed by atoms with E-state index in [1.807, 2.05) is 20.8 Å². The van der Waals surface area contributed by atoms with Gasteiger partial charge in [0.25, 0.3) is 0 Å². The van der Waals surface area contributed by atoms with Crippen molar-refractivity contribution >= 4 is 12.3 Å². The third-order valence-corrected chi connectivity index (χ3v) is 2.49. The first kappa shape index (κ1) is 17.1. The fourth-order valence-electron chi connectivity index (χ4n) is 1.55. The van der Waals surface area contributed by atoms with Crippen LogP contribution < -0.4 is 5.32 Å². The summed E-state index contributed by atoms with van der Waals surface area (Å²) in [7, 11) is 0. The normalized spacial score (nSPS) is 11.6. The standard InChI is InChI=1S/C16H23FN2O2/c1-16(2,3)21-15(20)19-11-5-4-10-18-12-13-6-8-14(17)9-7-13/h6-9,12H,4-5,10-11H2,1-3H3,(H,19,20). The molecule has 1 aromatic carbocycles. The molecule has 0 saturated heterocycles. The van der Waals surface area contributed by atoms with Crippen molar-refractivity contribution in [2.24, 2.45) is 4.99 Å². The summed E-state index contributed by atoms with van der Waals surface area (Å²) in [5, 5.41) is 2.70. The number of carbonyl (C=O) groups excluding carboxylic acids is 1. The molecule has 0 aromatic heterocycles. The van der Waals surface area contributed by atoms with Crippen LogP contribution in [-0.2, 0) is 4.74 Å². The van der Waals surface area contributed by atoms with E-state index in [0.29, 0.717) is 13.1 Å². The Balaban J connectivity index is 2.09. The zero-order chi connectivity index (χ0) is 15.7. The highest BCUT2D eigenvalue weighted by Crippen LogP contribution is 2.06. The highest BCUT2D eigenvalue weighted by Gasteiger charge is 2.15. The number of hydrogen-bond acceptors (Lipinski definition) is 3. The molecule has 0 bridgehead atoms. The second kappa shape index (κ2) is 8.39. The molecule has 0 aliphatic carbocycles. The van der Waals surface area contributed by atoms with Gasteiger partial charge in [0, 0.05) is 19.3 Å². The van der Waals surface area contributed by atoms with Gasteiger partial charge in [-0.1, -0.05) is 12.1 Å². The highest BCUT2D eigenvalue weighted by atomic mass is 19.1. The molecule has 21 heavy (non-hydrogen) atoms. The number of alkyl carbamates (subject to hydrolysis) is 1. The van der Waals surface area contributed by atoms with Gasteiger partial charge >= 0.3 is 6.09 Å². The molecule has 1 rings (SSSR count). The van der Waals surface area contributed by atoms with Crippen molar-refractivity contribution in [2.75, 3.05) is 13.1 Å². The first-order valence-corrected chi connectivity index (χ1v) is 7.09. The lowest BCUT2D eigenvalue weighted by molar-refractivity contribution is 0.0527. The lowest BCUT2D eigenvalue weighted by atomic mass is 10.2. The second-order valence-electron chi connectivity index (χ2n) is 5.72. The number of carbonyl (C=O) groups is 1. The maximum atomic E-state index is 12.7. The summed E-state index contributed by atoms with van der Waals surface area (Å²) in [4.78, 5) is 15.6. The first-order valence-electron chi connectivity index (χ1n) is 7.09. The Bertz CT molecular complexity index is 464. The van der Waals surface area contributed by atoms with E-state index in [1.165, 1.54) is 12.1 Å². The van der Waals surface area contributed by atoms with Crippen LogP contribution in [0.2, 0.25) is 0 Å². The Labute approximate surface area is 125 Å². The lowest BCUT2D eigenvalue weighted by Crippen LogP contribution is -2.33. The Morgan fingerprint density at radius 3 is 2.57 bits per heavy atom. The molecule has 0 saturated carbocycles. The van der Waals surface area contributed by atoms with E-state index in [4.69, 9.17) is 4.74 Å². The van der Waals surface area contributed by atoms with Crippen molar-refractivity contribution in [1.82, 2.24) is 5.32 Å². The third-order valence-electron chi connectivity index (χ3n) is 2.49. The molecule has 0 aliphatic heterocycles. The maximum Gasteiger partial charge on any atom is 0.407 e. The van der Waals surface area contributed by atoms with Gasteiger partial charge in [-0.15, -0.1) is 0 Å². The van der Waals surface area contributed by atoms with Crippen LogP contribution in [0, 0.1) is 5.82 Å². The van der Waals surface area contributed by atoms with Gasteiger partial charge in [-0.2, -0.15) is 0 Å². The average molecular weight is 294 g/mol. The molecule has 1 aromatic rings. The van der Waals surface area contributed by atoms with Crippen LogP contribution in [-0.4, -0.2) is 31.0 Å². The molecule has 0 fully saturated rings. The number of benzene rings is 1. The molecule has 116 valence electrons. The molecular formula is C16H23FN2O2. The molecule has 0 spiro atoms. The predicted molar refractivity (Wildman–Crippen MR) is 82.3 cm³/mol. The quantitative estimate of drug-likeness (QED) is 0.644. The van der Waals surface area contributed by atoms with Crippen molar-refractivity contribution < 1.29 is 13.9 Å². The van der Waals surface area contributed by atoms with E-state index >= 15 is 0 Å². The van der Waals surface area contributed by atoms with E-state index in [-0.39, 0.29) is 5.82 Å². The summed E-state index contributed by atoms with van der Waals surface area (Å²) >= 11 is 0. The average Bonchev–Trinajstić information content (AvgIpc) is 2.37. The van der Waals surface area contributed by atoms with E-state index in [1.54, 1.807) is 18.3 Å². The fourth-order valence-corrected chi connectivity index (χ4v) is 1.55. The van der Waals surface area contributed by atoms with Crippen LogP contribution in [0.3, 0.4) is 0 Å². The smallest absolute Gasteiger partial charge is 0.407 e. The molecule has 0 aliphatic rings. The van der Waals surface area contributed by atoms with Crippen LogP contribution in [0.15, 0.2) is 29.3 Å². The lowest BCUT2D eigenvalue weighted by Gasteiger charge is -2.19. The number of unbranched alkanes of at least 4 members (excludes halogenated alkanes) is 1. The minimum atomic E-state index is -0.469. The number of rotatable bonds is 6. The van der Waals surface area contributed by atoms with Gasteiger partial charge in [0.2, 0.25) is 0 Å². The summed E-state index contributed by atoms with van der Waals surface area (Å²) in [6.07, 6.45) is 3.03. The van der Waals surface area contributed by atoms with Gasteiger partial charge in [-0.05, 0) is 51.3 Å². The van der Waals surface area contributed by atoms with Crippen LogP contribution in [0.25, 0.3) is 0 Å². The van der Waals surface area contributed by atoms with Crippen LogP contribution in [0.4, 0.5) is 9.18 Å². The number of nitrogens with zero attached hydrogens (tertiary/aromatic N) is 1. The number of ether oxygens (including phenoxy) is 1. The summed E-state index contributed by atoms with van der Waals surface area (Å²) in [6, 6.07) is 6.18. The third kappa shape index (κ3) is 8.78. The minimum absolute atomic E-state index is 0.250. The SMILES string of the molecule is CC(C)(C)OC(=O)NCCCCN=Cc1ccc(F)cc1. The highest BCUT2D eigenvalue weighted by molar-refractivity contribution is 5.79. The summed E-state index contributed by atoms with van der Waals surface area (Å²) in [6.45, 7) is 6.73. The van der Waals surface area contributed by atoms with Gasteiger partial charge in [0.15, 0.2) is 0 Å². The van der Waals surface area contributed by atoms with Gasteiger partial charge in [-0.3, -0.25) is 4.99 Å². The van der Waals surface area contributed by atoms with Crippen molar-refractivity contribution in [2.45, 2.75) is 39.2 Å². The molecule has 0 unspecified atom stereocenters. The number of halogens is 1. The van der Waals surface area contributed by atoms with Crippen molar-refractivity contribution in [3.05, 3.63) is 35.6 Å². The second-order valence-corrected chi connectivity index (χ2v) is 5.72. The Morgan fingerprint density at radius 2 is 1.95 bits per heavy atom. The molecule has 0 heterocycles. The van der Waals surface area contributed by atoms with Gasteiger partial charge < -0.3 is 10.1 Å².